The number of nitrogen functional groups attached to an aromatic ring is 1. The van der Waals surface area contributed by atoms with Crippen molar-refractivity contribution in [2.45, 2.75) is 6.92 Å². The Kier molecular flexibility index (Phi) is 7.11. The van der Waals surface area contributed by atoms with Gasteiger partial charge in [0, 0.05) is 23.6 Å². The first kappa shape index (κ1) is 24.6. The lowest BCUT2D eigenvalue weighted by Gasteiger charge is -2.14. The monoisotopic (exact) mass is 513 g/mol. The minimum atomic E-state index is -0.845. The van der Waals surface area contributed by atoms with Crippen molar-refractivity contribution < 1.29 is 23.0 Å². The Labute approximate surface area is 208 Å². The van der Waals surface area contributed by atoms with Gasteiger partial charge in [-0.3, -0.25) is 14.2 Å². The number of nitrogens with two attached hydrogens (primary N) is 1. The van der Waals surface area contributed by atoms with Gasteiger partial charge >= 0.3 is 0 Å². The number of halogens is 3. The standard InChI is InChI=1S/C24H18ClF2N5O4/c1-2-35-18-9-10-32(15-6-3-13(26)4-7-15)24(34)19(18)22(33)31-14-5-8-17(16(27)11-14)36-23-20(25)21(28)29-12-30-23/h3-12H,2H2,1H3,(H,31,33)(H2,28,29,30). The summed E-state index contributed by atoms with van der Waals surface area (Å²) in [5.74, 6) is -2.54. The summed E-state index contributed by atoms with van der Waals surface area (Å²) in [7, 11) is 0. The van der Waals surface area contributed by atoms with E-state index in [4.69, 9.17) is 26.8 Å². The van der Waals surface area contributed by atoms with Crippen LogP contribution in [0.2, 0.25) is 5.02 Å². The van der Waals surface area contributed by atoms with Gasteiger partial charge in [0.05, 0.1) is 6.61 Å². The third-order valence-electron chi connectivity index (χ3n) is 4.87. The maximum Gasteiger partial charge on any atom is 0.271 e. The molecule has 36 heavy (non-hydrogen) atoms. The summed E-state index contributed by atoms with van der Waals surface area (Å²) in [4.78, 5) is 33.7. The van der Waals surface area contributed by atoms with Gasteiger partial charge in [-0.25, -0.2) is 13.8 Å². The maximum atomic E-state index is 14.7. The van der Waals surface area contributed by atoms with Crippen molar-refractivity contribution in [2.75, 3.05) is 17.7 Å². The molecular formula is C24H18ClF2N5O4. The normalized spacial score (nSPS) is 10.7. The van der Waals surface area contributed by atoms with Gasteiger partial charge in [0.15, 0.2) is 11.6 Å². The fourth-order valence-corrected chi connectivity index (χ4v) is 3.34. The Hall–Kier alpha value is -4.51. The lowest BCUT2D eigenvalue weighted by molar-refractivity contribution is 0.102. The molecule has 184 valence electrons. The highest BCUT2D eigenvalue weighted by molar-refractivity contribution is 6.34. The van der Waals surface area contributed by atoms with Crippen LogP contribution in [0.5, 0.6) is 17.4 Å². The van der Waals surface area contributed by atoms with Crippen LogP contribution in [-0.4, -0.2) is 27.0 Å². The van der Waals surface area contributed by atoms with E-state index in [1.807, 2.05) is 0 Å². The average Bonchev–Trinajstić information content (AvgIpc) is 2.84. The third-order valence-corrected chi connectivity index (χ3v) is 5.22. The first-order valence-corrected chi connectivity index (χ1v) is 10.9. The number of hydrogen-bond donors (Lipinski definition) is 2. The zero-order valence-electron chi connectivity index (χ0n) is 18.7. The fraction of sp³-hybridized carbons (Fsp3) is 0.0833. The van der Waals surface area contributed by atoms with E-state index in [2.05, 4.69) is 15.3 Å². The van der Waals surface area contributed by atoms with Gasteiger partial charge in [0.1, 0.15) is 34.3 Å². The zero-order valence-corrected chi connectivity index (χ0v) is 19.4. The number of carbonyl (C=O) groups excluding carboxylic acids is 1. The molecule has 0 bridgehead atoms. The Morgan fingerprint density at radius 2 is 1.86 bits per heavy atom. The Morgan fingerprint density at radius 1 is 1.11 bits per heavy atom. The quantitative estimate of drug-likeness (QED) is 0.371. The second-order valence-corrected chi connectivity index (χ2v) is 7.60. The van der Waals surface area contributed by atoms with Gasteiger partial charge in [-0.1, -0.05) is 11.6 Å². The van der Waals surface area contributed by atoms with Crippen molar-refractivity contribution in [3.8, 4) is 23.1 Å². The second-order valence-electron chi connectivity index (χ2n) is 7.22. The number of nitrogens with one attached hydrogen (secondary N) is 1. The van der Waals surface area contributed by atoms with E-state index in [9.17, 15) is 18.4 Å². The summed E-state index contributed by atoms with van der Waals surface area (Å²) in [6, 6.07) is 10.2. The van der Waals surface area contributed by atoms with Crippen molar-refractivity contribution >= 4 is 29.0 Å². The van der Waals surface area contributed by atoms with Gasteiger partial charge in [0.25, 0.3) is 11.5 Å². The second kappa shape index (κ2) is 10.4. The lowest BCUT2D eigenvalue weighted by Crippen LogP contribution is -2.29. The van der Waals surface area contributed by atoms with Crippen LogP contribution >= 0.6 is 11.6 Å². The number of anilines is 2. The average molecular weight is 514 g/mol. The number of pyridine rings is 1. The SMILES string of the molecule is CCOc1ccn(-c2ccc(F)cc2)c(=O)c1C(=O)Nc1ccc(Oc2ncnc(N)c2Cl)c(F)c1. The summed E-state index contributed by atoms with van der Waals surface area (Å²) in [6.07, 6.45) is 2.52. The van der Waals surface area contributed by atoms with E-state index >= 15 is 0 Å². The van der Waals surface area contributed by atoms with Gasteiger partial charge in [-0.2, -0.15) is 4.98 Å². The van der Waals surface area contributed by atoms with Crippen molar-refractivity contribution in [3.05, 3.63) is 93.6 Å². The van der Waals surface area contributed by atoms with Crippen LogP contribution in [0, 0.1) is 11.6 Å². The van der Waals surface area contributed by atoms with Crippen molar-refractivity contribution in [1.82, 2.24) is 14.5 Å². The molecular weight excluding hydrogens is 496 g/mol. The first-order chi connectivity index (χ1) is 17.3. The highest BCUT2D eigenvalue weighted by atomic mass is 35.5. The van der Waals surface area contributed by atoms with Gasteiger partial charge in [-0.15, -0.1) is 0 Å². The lowest BCUT2D eigenvalue weighted by atomic mass is 10.2. The molecule has 0 aliphatic rings. The summed E-state index contributed by atoms with van der Waals surface area (Å²) in [5.41, 5.74) is 4.95. The number of hydrogen-bond acceptors (Lipinski definition) is 7. The maximum absolute atomic E-state index is 14.7. The number of amides is 1. The summed E-state index contributed by atoms with van der Waals surface area (Å²) in [5, 5.41) is 2.39. The Morgan fingerprint density at radius 3 is 2.56 bits per heavy atom. The topological polar surface area (TPSA) is 121 Å². The smallest absolute Gasteiger partial charge is 0.271 e. The Bertz CT molecular complexity index is 1500. The highest BCUT2D eigenvalue weighted by Crippen LogP contribution is 2.32. The predicted molar refractivity (Wildman–Crippen MR) is 129 cm³/mol. The zero-order chi connectivity index (χ0) is 25.8. The van der Waals surface area contributed by atoms with Gasteiger partial charge < -0.3 is 20.5 Å². The predicted octanol–water partition coefficient (Wildman–Crippen LogP) is 4.58. The molecule has 0 saturated carbocycles. The largest absolute Gasteiger partial charge is 0.493 e. The van der Waals surface area contributed by atoms with Crippen LogP contribution in [0.3, 0.4) is 0 Å². The van der Waals surface area contributed by atoms with Crippen LogP contribution in [0.25, 0.3) is 5.69 Å². The van der Waals surface area contributed by atoms with E-state index in [1.54, 1.807) is 6.92 Å². The molecule has 12 heteroatoms. The van der Waals surface area contributed by atoms with E-state index in [0.717, 1.165) is 12.4 Å². The molecule has 0 aliphatic heterocycles. The van der Waals surface area contributed by atoms with Crippen molar-refractivity contribution in [3.63, 3.8) is 0 Å². The van der Waals surface area contributed by atoms with E-state index in [1.165, 1.54) is 53.2 Å². The van der Waals surface area contributed by atoms with Gasteiger partial charge in [-0.05, 0) is 49.4 Å². The molecule has 2 aromatic carbocycles. The summed E-state index contributed by atoms with van der Waals surface area (Å²) in [6.45, 7) is 1.88. The molecule has 1 amide bonds. The van der Waals surface area contributed by atoms with Crippen molar-refractivity contribution in [1.29, 1.82) is 0 Å². The third kappa shape index (κ3) is 5.10. The number of ether oxygens (including phenoxy) is 2. The van der Waals surface area contributed by atoms with Crippen LogP contribution in [0.15, 0.2) is 65.8 Å². The molecule has 0 aliphatic carbocycles. The molecule has 0 unspecified atom stereocenters. The number of rotatable bonds is 7. The van der Waals surface area contributed by atoms with E-state index < -0.39 is 23.1 Å². The molecule has 4 rings (SSSR count). The Balaban J connectivity index is 1.63. The molecule has 3 N–H and O–H groups in total. The molecule has 0 saturated heterocycles. The molecule has 0 spiro atoms. The molecule has 0 atom stereocenters. The van der Waals surface area contributed by atoms with Crippen LogP contribution in [-0.2, 0) is 0 Å². The van der Waals surface area contributed by atoms with Crippen molar-refractivity contribution in [2.24, 2.45) is 0 Å². The number of carbonyl (C=O) groups is 1. The molecule has 2 aromatic heterocycles. The molecule has 9 nitrogen and oxygen atoms in total. The molecule has 4 aromatic rings. The summed E-state index contributed by atoms with van der Waals surface area (Å²) >= 11 is 5.97. The minimum Gasteiger partial charge on any atom is -0.493 e. The number of aromatic nitrogens is 3. The number of benzene rings is 2. The number of nitrogens with zero attached hydrogens (tertiary/aromatic N) is 3. The van der Waals surface area contributed by atoms with Gasteiger partial charge in [0.2, 0.25) is 5.88 Å². The minimum absolute atomic E-state index is 0.0368. The first-order valence-electron chi connectivity index (χ1n) is 10.5. The highest BCUT2D eigenvalue weighted by Gasteiger charge is 2.21. The van der Waals surface area contributed by atoms with Crippen LogP contribution in [0.1, 0.15) is 17.3 Å². The van der Waals surface area contributed by atoms with E-state index in [0.29, 0.717) is 5.69 Å². The molecule has 2 heterocycles. The fourth-order valence-electron chi connectivity index (χ4n) is 3.21. The molecule has 0 radical (unpaired) electrons. The van der Waals surface area contributed by atoms with E-state index in [-0.39, 0.29) is 46.1 Å². The van der Waals surface area contributed by atoms with Crippen LogP contribution < -0.4 is 26.1 Å². The van der Waals surface area contributed by atoms with Crippen LogP contribution in [0.4, 0.5) is 20.3 Å². The molecule has 0 fully saturated rings. The summed E-state index contributed by atoms with van der Waals surface area (Å²) < 4.78 is 40.0.